The smallest absolute Gasteiger partial charge is 0.236 e. The van der Waals surface area contributed by atoms with Crippen molar-refractivity contribution >= 4 is 5.91 Å². The van der Waals surface area contributed by atoms with E-state index in [0.717, 1.165) is 82.9 Å². The second-order valence-corrected chi connectivity index (χ2v) is 11.5. The van der Waals surface area contributed by atoms with Gasteiger partial charge in [-0.1, -0.05) is 6.07 Å². The first-order valence-electron chi connectivity index (χ1n) is 13.3. The van der Waals surface area contributed by atoms with E-state index in [9.17, 15) is 15.0 Å². The number of fused-ring (bicyclic) bond motifs is 1. The van der Waals surface area contributed by atoms with E-state index < -0.39 is 5.60 Å². The topological polar surface area (TPSA) is 67.2 Å². The van der Waals surface area contributed by atoms with E-state index in [1.807, 2.05) is 11.0 Å². The Kier molecular flexibility index (Phi) is 5.46. The van der Waals surface area contributed by atoms with Crippen LogP contribution in [0.2, 0.25) is 0 Å². The van der Waals surface area contributed by atoms with E-state index in [0.29, 0.717) is 18.7 Å². The Morgan fingerprint density at radius 3 is 2.55 bits per heavy atom. The third kappa shape index (κ3) is 3.69. The molecule has 0 aromatic heterocycles. The highest BCUT2D eigenvalue weighted by atomic mass is 16.3. The van der Waals surface area contributed by atoms with Gasteiger partial charge in [-0.25, -0.2) is 0 Å². The van der Waals surface area contributed by atoms with Crippen molar-refractivity contribution in [1.82, 2.24) is 14.7 Å². The van der Waals surface area contributed by atoms with E-state index in [2.05, 4.69) is 15.9 Å². The minimum atomic E-state index is -0.816. The molecule has 3 atom stereocenters. The quantitative estimate of drug-likeness (QED) is 0.733. The zero-order valence-corrected chi connectivity index (χ0v) is 19.8. The molecule has 2 N–H and O–H groups in total. The van der Waals surface area contributed by atoms with Crippen LogP contribution in [0.5, 0.6) is 5.75 Å². The maximum Gasteiger partial charge on any atom is 0.236 e. The van der Waals surface area contributed by atoms with E-state index in [4.69, 9.17) is 0 Å². The minimum absolute atomic E-state index is 0.127. The van der Waals surface area contributed by atoms with Gasteiger partial charge in [0, 0.05) is 37.6 Å². The molecule has 2 bridgehead atoms. The lowest BCUT2D eigenvalue weighted by molar-refractivity contribution is -0.149. The highest BCUT2D eigenvalue weighted by Crippen LogP contribution is 2.56. The largest absolute Gasteiger partial charge is 0.508 e. The highest BCUT2D eigenvalue weighted by Gasteiger charge is 2.63. The summed E-state index contributed by atoms with van der Waals surface area (Å²) in [6, 6.07) is 5.95. The maximum atomic E-state index is 13.0. The molecule has 2 aliphatic carbocycles. The van der Waals surface area contributed by atoms with Gasteiger partial charge in [0.05, 0.1) is 12.1 Å². The van der Waals surface area contributed by atoms with Gasteiger partial charge >= 0.3 is 0 Å². The molecule has 6 heteroatoms. The van der Waals surface area contributed by atoms with Crippen molar-refractivity contribution in [3.63, 3.8) is 0 Å². The molecule has 1 saturated carbocycles. The number of aliphatic hydroxyl groups is 1. The molecular formula is C27H39N3O3. The van der Waals surface area contributed by atoms with Crippen molar-refractivity contribution in [2.45, 2.75) is 74.8 Å². The van der Waals surface area contributed by atoms with Gasteiger partial charge in [-0.3, -0.25) is 14.6 Å². The number of rotatable bonds is 4. The van der Waals surface area contributed by atoms with Crippen LogP contribution in [0.15, 0.2) is 18.2 Å². The summed E-state index contributed by atoms with van der Waals surface area (Å²) in [5.41, 5.74) is 1.30. The molecule has 0 spiro atoms. The Bertz CT molecular complexity index is 912. The average Bonchev–Trinajstić information content (AvgIpc) is 3.65. The number of hydrogen-bond donors (Lipinski definition) is 2. The Morgan fingerprint density at radius 2 is 1.76 bits per heavy atom. The maximum absolute atomic E-state index is 13.0. The molecule has 33 heavy (non-hydrogen) atoms. The Labute approximate surface area is 197 Å². The van der Waals surface area contributed by atoms with E-state index >= 15 is 0 Å². The number of aromatic hydroxyl groups is 1. The number of phenols is 1. The van der Waals surface area contributed by atoms with E-state index in [1.54, 1.807) is 6.07 Å². The first-order valence-corrected chi connectivity index (χ1v) is 13.3. The summed E-state index contributed by atoms with van der Waals surface area (Å²) in [6.07, 6.45) is 9.44. The minimum Gasteiger partial charge on any atom is -0.508 e. The fourth-order valence-corrected chi connectivity index (χ4v) is 7.50. The zero-order chi connectivity index (χ0) is 22.6. The molecule has 180 valence electrons. The highest BCUT2D eigenvalue weighted by molar-refractivity contribution is 5.78. The predicted octanol–water partition coefficient (Wildman–Crippen LogP) is 2.51. The van der Waals surface area contributed by atoms with Gasteiger partial charge < -0.3 is 15.1 Å². The normalized spacial score (nSPS) is 34.9. The third-order valence-electron chi connectivity index (χ3n) is 9.59. The van der Waals surface area contributed by atoms with E-state index in [1.165, 1.54) is 24.8 Å². The van der Waals surface area contributed by atoms with Crippen molar-refractivity contribution in [2.75, 3.05) is 45.8 Å². The van der Waals surface area contributed by atoms with Gasteiger partial charge in [0.2, 0.25) is 5.91 Å². The van der Waals surface area contributed by atoms with Gasteiger partial charge in [0.1, 0.15) is 5.75 Å². The summed E-state index contributed by atoms with van der Waals surface area (Å²) in [7, 11) is 0. The molecule has 6 nitrogen and oxygen atoms in total. The molecule has 6 rings (SSSR count). The fraction of sp³-hybridized carbons (Fsp3) is 0.741. The molecule has 0 radical (unpaired) electrons. The molecule has 1 aromatic rings. The summed E-state index contributed by atoms with van der Waals surface area (Å²) >= 11 is 0. The van der Waals surface area contributed by atoms with Crippen LogP contribution in [0, 0.1) is 5.92 Å². The molecular weight excluding hydrogens is 414 g/mol. The van der Waals surface area contributed by atoms with Gasteiger partial charge in [0.15, 0.2) is 0 Å². The molecule has 4 fully saturated rings. The van der Waals surface area contributed by atoms with E-state index in [-0.39, 0.29) is 17.4 Å². The molecule has 3 aliphatic heterocycles. The van der Waals surface area contributed by atoms with Crippen LogP contribution >= 0.6 is 0 Å². The van der Waals surface area contributed by atoms with Crippen molar-refractivity contribution < 1.29 is 15.0 Å². The lowest BCUT2D eigenvalue weighted by Crippen LogP contribution is -2.71. The Balaban J connectivity index is 1.30. The summed E-state index contributed by atoms with van der Waals surface area (Å²) in [6.45, 7) is 5.97. The number of carbonyl (C=O) groups excluding carboxylic acids is 1. The van der Waals surface area contributed by atoms with Crippen LogP contribution in [0.25, 0.3) is 0 Å². The second-order valence-electron chi connectivity index (χ2n) is 11.5. The number of nitrogens with zero attached hydrogens (tertiary/aromatic N) is 3. The summed E-state index contributed by atoms with van der Waals surface area (Å²) in [4.78, 5) is 19.9. The first kappa shape index (κ1) is 21.9. The van der Waals surface area contributed by atoms with Gasteiger partial charge in [0.25, 0.3) is 0 Å². The molecule has 3 saturated heterocycles. The van der Waals surface area contributed by atoms with Gasteiger partial charge in [-0.2, -0.15) is 0 Å². The fourth-order valence-electron chi connectivity index (χ4n) is 7.50. The third-order valence-corrected chi connectivity index (χ3v) is 9.59. The number of likely N-dealkylation sites (tertiary alicyclic amines) is 3. The van der Waals surface area contributed by atoms with Crippen LogP contribution in [0.4, 0.5) is 0 Å². The summed E-state index contributed by atoms with van der Waals surface area (Å²) < 4.78 is 0. The first-order chi connectivity index (χ1) is 16.0. The number of carbonyl (C=O) groups is 1. The van der Waals surface area contributed by atoms with Crippen molar-refractivity contribution in [2.24, 2.45) is 5.92 Å². The number of phenolic OH excluding ortho intramolecular Hbond substituents is 1. The average molecular weight is 454 g/mol. The lowest BCUT2D eigenvalue weighted by atomic mass is 9.52. The predicted molar refractivity (Wildman–Crippen MR) is 127 cm³/mol. The Hall–Kier alpha value is -1.63. The van der Waals surface area contributed by atoms with Crippen LogP contribution in [-0.4, -0.2) is 88.3 Å². The molecule has 3 heterocycles. The van der Waals surface area contributed by atoms with Crippen molar-refractivity contribution in [3.8, 4) is 5.75 Å². The number of hydrogen-bond acceptors (Lipinski definition) is 5. The Morgan fingerprint density at radius 1 is 1.00 bits per heavy atom. The van der Waals surface area contributed by atoms with Gasteiger partial charge in [-0.05, 0) is 100 Å². The molecule has 1 amide bonds. The van der Waals surface area contributed by atoms with Crippen LogP contribution in [0.3, 0.4) is 0 Å². The van der Waals surface area contributed by atoms with Crippen LogP contribution < -0.4 is 0 Å². The number of benzene rings is 1. The zero-order valence-electron chi connectivity index (χ0n) is 19.8. The number of piperidine rings is 2. The lowest BCUT2D eigenvalue weighted by Gasteiger charge is -2.61. The van der Waals surface area contributed by atoms with Crippen LogP contribution in [-0.2, 0) is 16.6 Å². The van der Waals surface area contributed by atoms with Crippen molar-refractivity contribution in [1.29, 1.82) is 0 Å². The monoisotopic (exact) mass is 453 g/mol. The SMILES string of the molecule is O=C(CN1CC[C@]23CCN(CC4CC4)[C@H](Cc4ccc(O)cc42)[C@]3(O)CC1)N1CCCCC1. The molecule has 5 aliphatic rings. The summed E-state index contributed by atoms with van der Waals surface area (Å²) in [5.74, 6) is 1.35. The standard InChI is InChI=1S/C27H39N3O3/c31-22-7-6-21-16-24-27(33)10-14-28(19-25(32)29-11-2-1-3-12-29)13-8-26(27,23(21)17-22)9-15-30(24)18-20-4-5-20/h6-7,17,20,24,31,33H,1-5,8-16,18-19H2/t24-,26+,27-/m1/s1. The van der Waals surface area contributed by atoms with Crippen molar-refractivity contribution in [3.05, 3.63) is 29.3 Å². The second kappa shape index (κ2) is 8.24. The number of amides is 1. The molecule has 1 aromatic carbocycles. The molecule has 0 unspecified atom stereocenters. The van der Waals surface area contributed by atoms with Gasteiger partial charge in [-0.15, -0.1) is 0 Å². The van der Waals surface area contributed by atoms with Crippen LogP contribution in [0.1, 0.15) is 62.5 Å². The summed E-state index contributed by atoms with van der Waals surface area (Å²) in [5, 5.41) is 22.9.